The number of hydrogen-bond donors (Lipinski definition) is 0. The first-order valence-corrected chi connectivity index (χ1v) is 8.42. The van der Waals surface area contributed by atoms with Crippen LogP contribution in [0.3, 0.4) is 0 Å². The number of nitrogens with zero attached hydrogens (tertiary/aromatic N) is 5. The summed E-state index contributed by atoms with van der Waals surface area (Å²) in [5.74, 6) is -0.0826. The van der Waals surface area contributed by atoms with Crippen LogP contribution in [0.1, 0.15) is 23.0 Å². The normalized spacial score (nSPS) is 14.6. The number of hydrogen-bond acceptors (Lipinski definition) is 5. The minimum atomic E-state index is -0.392. The minimum Gasteiger partial charge on any atom is -0.348 e. The Kier molecular flexibility index (Phi) is 4.88. The van der Waals surface area contributed by atoms with Gasteiger partial charge in [-0.1, -0.05) is 6.92 Å². The van der Waals surface area contributed by atoms with E-state index in [9.17, 15) is 19.3 Å². The highest BCUT2D eigenvalue weighted by Crippen LogP contribution is 2.32. The van der Waals surface area contributed by atoms with E-state index >= 15 is 0 Å². The van der Waals surface area contributed by atoms with Crippen LogP contribution in [0.5, 0.6) is 0 Å². The van der Waals surface area contributed by atoms with Crippen molar-refractivity contribution in [2.45, 2.75) is 13.3 Å². The van der Waals surface area contributed by atoms with Gasteiger partial charge in [0.15, 0.2) is 0 Å². The average molecular weight is 361 g/mol. The van der Waals surface area contributed by atoms with Gasteiger partial charge in [0.25, 0.3) is 5.91 Å². The van der Waals surface area contributed by atoms with E-state index in [1.807, 2.05) is 11.8 Å². The molecular weight excluding hydrogens is 341 g/mol. The van der Waals surface area contributed by atoms with Gasteiger partial charge in [-0.05, 0) is 30.7 Å². The quantitative estimate of drug-likeness (QED) is 0.614. The smallest absolute Gasteiger partial charge is 0.334 e. The molecule has 1 amide bonds. The third kappa shape index (κ3) is 3.24. The Bertz CT molecular complexity index is 826. The summed E-state index contributed by atoms with van der Waals surface area (Å²) in [6.45, 7) is 3.63. The number of benzene rings is 1. The van der Waals surface area contributed by atoms with Crippen LogP contribution >= 0.6 is 0 Å². The lowest BCUT2D eigenvalue weighted by molar-refractivity contribution is -0.384. The summed E-state index contributed by atoms with van der Waals surface area (Å²) >= 11 is 0. The van der Waals surface area contributed by atoms with Gasteiger partial charge in [-0.2, -0.15) is 5.10 Å². The Labute approximate surface area is 150 Å². The van der Waals surface area contributed by atoms with Gasteiger partial charge < -0.3 is 9.80 Å². The SMILES string of the molecule is CCc1nn(C)c(N2CCN(C(=O)c3ccc(F)cc3)CC2)c1[N+](=O)[O-]. The van der Waals surface area contributed by atoms with Crippen LogP contribution in [-0.2, 0) is 13.5 Å². The standard InChI is InChI=1S/C17H20FN5O3/c1-3-14-15(23(25)26)16(20(2)19-14)21-8-10-22(11-9-21)17(24)12-4-6-13(18)7-5-12/h4-7H,3,8-11H2,1-2H3. The zero-order valence-electron chi connectivity index (χ0n) is 14.7. The molecule has 0 aliphatic carbocycles. The largest absolute Gasteiger partial charge is 0.348 e. The molecule has 0 saturated carbocycles. The summed E-state index contributed by atoms with van der Waals surface area (Å²) in [7, 11) is 1.69. The second kappa shape index (κ2) is 7.11. The number of halogens is 1. The van der Waals surface area contributed by atoms with Crippen molar-refractivity contribution in [3.8, 4) is 0 Å². The Balaban J connectivity index is 1.75. The van der Waals surface area contributed by atoms with E-state index in [2.05, 4.69) is 5.10 Å². The summed E-state index contributed by atoms with van der Waals surface area (Å²) in [6.07, 6.45) is 0.479. The molecule has 9 heteroatoms. The molecule has 0 radical (unpaired) electrons. The topological polar surface area (TPSA) is 84.5 Å². The van der Waals surface area contributed by atoms with Crippen molar-refractivity contribution in [3.63, 3.8) is 0 Å². The van der Waals surface area contributed by atoms with Crippen LogP contribution < -0.4 is 4.90 Å². The molecule has 26 heavy (non-hydrogen) atoms. The van der Waals surface area contributed by atoms with E-state index in [0.717, 1.165) is 0 Å². The molecular formula is C17H20FN5O3. The fourth-order valence-corrected chi connectivity index (χ4v) is 3.23. The van der Waals surface area contributed by atoms with Crippen molar-refractivity contribution in [2.24, 2.45) is 7.05 Å². The highest BCUT2D eigenvalue weighted by Gasteiger charge is 2.32. The monoisotopic (exact) mass is 361 g/mol. The molecule has 1 fully saturated rings. The lowest BCUT2D eigenvalue weighted by Crippen LogP contribution is -2.49. The third-order valence-electron chi connectivity index (χ3n) is 4.54. The van der Waals surface area contributed by atoms with E-state index in [0.29, 0.717) is 49.7 Å². The zero-order chi connectivity index (χ0) is 18.8. The number of carbonyl (C=O) groups is 1. The summed E-state index contributed by atoms with van der Waals surface area (Å²) in [5.41, 5.74) is 0.922. The average Bonchev–Trinajstić information content (AvgIpc) is 2.98. The van der Waals surface area contributed by atoms with Crippen LogP contribution in [0.2, 0.25) is 0 Å². The molecule has 2 heterocycles. The number of anilines is 1. The van der Waals surface area contributed by atoms with E-state index in [-0.39, 0.29) is 17.4 Å². The summed E-state index contributed by atoms with van der Waals surface area (Å²) in [6, 6.07) is 5.44. The highest BCUT2D eigenvalue weighted by molar-refractivity contribution is 5.94. The third-order valence-corrected chi connectivity index (χ3v) is 4.54. The molecule has 0 N–H and O–H groups in total. The van der Waals surface area contributed by atoms with Gasteiger partial charge >= 0.3 is 5.69 Å². The van der Waals surface area contributed by atoms with Gasteiger partial charge in [0.2, 0.25) is 5.82 Å². The lowest BCUT2D eigenvalue weighted by Gasteiger charge is -2.35. The predicted molar refractivity (Wildman–Crippen MR) is 93.8 cm³/mol. The van der Waals surface area contributed by atoms with E-state index < -0.39 is 4.92 Å². The number of rotatable bonds is 4. The number of carbonyl (C=O) groups excluding carboxylic acids is 1. The van der Waals surface area contributed by atoms with E-state index in [1.54, 1.807) is 11.9 Å². The first-order chi connectivity index (χ1) is 12.4. The van der Waals surface area contributed by atoms with Gasteiger partial charge in [-0.15, -0.1) is 0 Å². The molecule has 0 bridgehead atoms. The number of amides is 1. The molecule has 0 atom stereocenters. The van der Waals surface area contributed by atoms with Crippen LogP contribution in [0.4, 0.5) is 15.9 Å². The fraction of sp³-hybridized carbons (Fsp3) is 0.412. The molecule has 3 rings (SSSR count). The number of aromatic nitrogens is 2. The first kappa shape index (κ1) is 17.8. The second-order valence-corrected chi connectivity index (χ2v) is 6.14. The Morgan fingerprint density at radius 2 is 1.85 bits per heavy atom. The van der Waals surface area contributed by atoms with Crippen molar-refractivity contribution in [1.29, 1.82) is 0 Å². The molecule has 1 aliphatic rings. The maximum absolute atomic E-state index is 13.0. The van der Waals surface area contributed by atoms with Crippen molar-refractivity contribution >= 4 is 17.4 Å². The van der Waals surface area contributed by atoms with Crippen LogP contribution in [0.15, 0.2) is 24.3 Å². The summed E-state index contributed by atoms with van der Waals surface area (Å²) in [4.78, 5) is 27.1. The lowest BCUT2D eigenvalue weighted by atomic mass is 10.1. The molecule has 2 aromatic rings. The fourth-order valence-electron chi connectivity index (χ4n) is 3.23. The summed E-state index contributed by atoms with van der Waals surface area (Å²) in [5, 5.41) is 15.7. The van der Waals surface area contributed by atoms with Crippen molar-refractivity contribution < 1.29 is 14.1 Å². The molecule has 1 aliphatic heterocycles. The minimum absolute atomic E-state index is 0.0355. The highest BCUT2D eigenvalue weighted by atomic mass is 19.1. The van der Waals surface area contributed by atoms with Gasteiger partial charge in [0, 0.05) is 38.8 Å². The molecule has 8 nitrogen and oxygen atoms in total. The van der Waals surface area contributed by atoms with E-state index in [1.165, 1.54) is 28.9 Å². The Morgan fingerprint density at radius 3 is 2.38 bits per heavy atom. The van der Waals surface area contributed by atoms with Crippen LogP contribution in [-0.4, -0.2) is 51.7 Å². The molecule has 1 saturated heterocycles. The molecule has 138 valence electrons. The molecule has 0 spiro atoms. The van der Waals surface area contributed by atoms with Crippen molar-refractivity contribution in [1.82, 2.24) is 14.7 Å². The summed E-state index contributed by atoms with van der Waals surface area (Å²) < 4.78 is 14.5. The number of piperazine rings is 1. The van der Waals surface area contributed by atoms with Crippen LogP contribution in [0, 0.1) is 15.9 Å². The van der Waals surface area contributed by atoms with Crippen molar-refractivity contribution in [3.05, 3.63) is 51.5 Å². The van der Waals surface area contributed by atoms with Gasteiger partial charge in [0.05, 0.1) is 4.92 Å². The Morgan fingerprint density at radius 1 is 1.23 bits per heavy atom. The maximum Gasteiger partial charge on any atom is 0.334 e. The number of nitro groups is 1. The van der Waals surface area contributed by atoms with Gasteiger partial charge in [0.1, 0.15) is 11.5 Å². The molecule has 1 aromatic heterocycles. The second-order valence-electron chi connectivity index (χ2n) is 6.14. The van der Waals surface area contributed by atoms with Gasteiger partial charge in [-0.3, -0.25) is 14.9 Å². The van der Waals surface area contributed by atoms with Crippen molar-refractivity contribution in [2.75, 3.05) is 31.1 Å². The van der Waals surface area contributed by atoms with Crippen LogP contribution in [0.25, 0.3) is 0 Å². The van der Waals surface area contributed by atoms with E-state index in [4.69, 9.17) is 0 Å². The Hall–Kier alpha value is -2.97. The zero-order valence-corrected chi connectivity index (χ0v) is 14.7. The number of aryl methyl sites for hydroxylation is 2. The molecule has 1 aromatic carbocycles. The maximum atomic E-state index is 13.0. The molecule has 0 unspecified atom stereocenters. The first-order valence-electron chi connectivity index (χ1n) is 8.42. The van der Waals surface area contributed by atoms with Gasteiger partial charge in [-0.25, -0.2) is 9.07 Å². The predicted octanol–water partition coefficient (Wildman–Crippen LogP) is 1.99.